The first-order valence-corrected chi connectivity index (χ1v) is 13.2. The van der Waals surface area contributed by atoms with Crippen molar-refractivity contribution in [1.29, 1.82) is 0 Å². The number of benzene rings is 2. The van der Waals surface area contributed by atoms with E-state index in [-0.39, 0.29) is 18.3 Å². The summed E-state index contributed by atoms with van der Waals surface area (Å²) in [4.78, 5) is 21.4. The Bertz CT molecular complexity index is 1520. The number of carbonyl (C=O) groups is 1. The molecule has 0 spiro atoms. The molecule has 2 atom stereocenters. The van der Waals surface area contributed by atoms with Gasteiger partial charge in [-0.1, -0.05) is 25.0 Å². The van der Waals surface area contributed by atoms with Crippen molar-refractivity contribution in [3.8, 4) is 11.5 Å². The third-order valence-corrected chi connectivity index (χ3v) is 7.40. The molecule has 0 aliphatic heterocycles. The fraction of sp³-hybridized carbons (Fsp3) is 0.367. The molecule has 5 rings (SSSR count). The SMILES string of the molecule is Cc1ccc(COc2ccc3nc([C@H]4CCCC[C@H]4C(=O)O)n(Cc4ccc(OC(F)(F)F)cc4C)c3c2)nc1. The maximum Gasteiger partial charge on any atom is 0.573 e. The van der Waals surface area contributed by atoms with Crippen LogP contribution >= 0.6 is 0 Å². The van der Waals surface area contributed by atoms with Gasteiger partial charge in [-0.25, -0.2) is 4.98 Å². The minimum Gasteiger partial charge on any atom is -0.487 e. The maximum atomic E-state index is 12.7. The number of nitrogens with zero attached hydrogens (tertiary/aromatic N) is 3. The number of hydrogen-bond acceptors (Lipinski definition) is 5. The van der Waals surface area contributed by atoms with E-state index in [9.17, 15) is 23.1 Å². The lowest BCUT2D eigenvalue weighted by atomic mass is 9.78. The van der Waals surface area contributed by atoms with Crippen molar-refractivity contribution < 1.29 is 32.5 Å². The fourth-order valence-corrected chi connectivity index (χ4v) is 5.35. The molecule has 1 aliphatic carbocycles. The van der Waals surface area contributed by atoms with E-state index < -0.39 is 18.2 Å². The normalized spacial score (nSPS) is 17.6. The number of halogens is 3. The molecular formula is C30H30F3N3O4. The van der Waals surface area contributed by atoms with Crippen molar-refractivity contribution >= 4 is 17.0 Å². The highest BCUT2D eigenvalue weighted by atomic mass is 19.4. The van der Waals surface area contributed by atoms with Crippen molar-refractivity contribution in [1.82, 2.24) is 14.5 Å². The van der Waals surface area contributed by atoms with Gasteiger partial charge in [0.05, 0.1) is 22.6 Å². The second-order valence-corrected chi connectivity index (χ2v) is 10.3. The summed E-state index contributed by atoms with van der Waals surface area (Å²) in [5, 5.41) is 9.96. The number of aryl methyl sites for hydroxylation is 2. The highest BCUT2D eigenvalue weighted by Gasteiger charge is 2.35. The van der Waals surface area contributed by atoms with Crippen LogP contribution in [0.1, 0.15) is 59.8 Å². The van der Waals surface area contributed by atoms with Crippen molar-refractivity contribution in [2.24, 2.45) is 5.92 Å². The number of fused-ring (bicyclic) bond motifs is 1. The maximum absolute atomic E-state index is 12.7. The minimum atomic E-state index is -4.78. The fourth-order valence-electron chi connectivity index (χ4n) is 5.35. The topological polar surface area (TPSA) is 86.5 Å². The van der Waals surface area contributed by atoms with Crippen molar-refractivity contribution in [2.75, 3.05) is 0 Å². The molecule has 40 heavy (non-hydrogen) atoms. The lowest BCUT2D eigenvalue weighted by Gasteiger charge is -2.28. The van der Waals surface area contributed by atoms with Crippen molar-refractivity contribution in [3.05, 3.63) is 82.9 Å². The third-order valence-electron chi connectivity index (χ3n) is 7.40. The first-order valence-electron chi connectivity index (χ1n) is 13.2. The molecule has 4 aromatic rings. The number of rotatable bonds is 8. The molecule has 1 N–H and O–H groups in total. The minimum absolute atomic E-state index is 0.274. The number of aromatic nitrogens is 3. The van der Waals surface area contributed by atoms with Gasteiger partial charge in [-0.15, -0.1) is 13.2 Å². The molecule has 0 radical (unpaired) electrons. The zero-order valence-corrected chi connectivity index (χ0v) is 22.2. The average molecular weight is 554 g/mol. The highest BCUT2D eigenvalue weighted by molar-refractivity contribution is 5.79. The van der Waals surface area contributed by atoms with E-state index in [1.807, 2.05) is 41.8 Å². The standard InChI is InChI=1S/C30H30F3N3O4/c1-18-7-9-21(34-15-18)17-39-22-11-12-26-27(14-22)36(28(35-26)24-5-3-4-6-25(24)29(37)38)16-20-8-10-23(13-19(20)2)40-30(31,32)33/h7-15,24-25H,3-6,16-17H2,1-2H3,(H,37,38)/t24-,25+/m0/s1. The van der Waals surface area contributed by atoms with Gasteiger partial charge < -0.3 is 19.1 Å². The lowest BCUT2D eigenvalue weighted by Crippen LogP contribution is -2.28. The molecule has 1 aliphatic rings. The summed E-state index contributed by atoms with van der Waals surface area (Å²) in [6.07, 6.45) is 0.0128. The lowest BCUT2D eigenvalue weighted by molar-refractivity contribution is -0.274. The molecule has 0 unspecified atom stereocenters. The van der Waals surface area contributed by atoms with Crippen LogP contribution in [0.4, 0.5) is 13.2 Å². The van der Waals surface area contributed by atoms with E-state index in [1.54, 1.807) is 19.2 Å². The molecular weight excluding hydrogens is 523 g/mol. The largest absolute Gasteiger partial charge is 0.573 e. The zero-order valence-electron chi connectivity index (χ0n) is 22.2. The molecule has 1 saturated carbocycles. The Hall–Kier alpha value is -4.08. The summed E-state index contributed by atoms with van der Waals surface area (Å²) in [6, 6.07) is 13.7. The quantitative estimate of drug-likeness (QED) is 0.255. The number of carboxylic acid groups (broad SMARTS) is 1. The molecule has 1 fully saturated rings. The van der Waals surface area contributed by atoms with E-state index in [2.05, 4.69) is 9.72 Å². The van der Waals surface area contributed by atoms with E-state index in [0.717, 1.165) is 35.2 Å². The van der Waals surface area contributed by atoms with Gasteiger partial charge >= 0.3 is 12.3 Å². The Kier molecular flexibility index (Phi) is 7.69. The Balaban J connectivity index is 1.52. The van der Waals surface area contributed by atoms with E-state index in [4.69, 9.17) is 9.72 Å². The Labute approximate surface area is 229 Å². The van der Waals surface area contributed by atoms with Gasteiger partial charge in [0.1, 0.15) is 23.9 Å². The predicted octanol–water partition coefficient (Wildman–Crippen LogP) is 6.93. The predicted molar refractivity (Wildman–Crippen MR) is 142 cm³/mol. The molecule has 0 saturated heterocycles. The summed E-state index contributed by atoms with van der Waals surface area (Å²) in [5.41, 5.74) is 4.67. The summed E-state index contributed by atoms with van der Waals surface area (Å²) >= 11 is 0. The second-order valence-electron chi connectivity index (χ2n) is 10.3. The van der Waals surface area contributed by atoms with E-state index in [1.165, 1.54) is 12.1 Å². The summed E-state index contributed by atoms with van der Waals surface area (Å²) in [5.74, 6) is -0.712. The second kappa shape index (κ2) is 11.2. The summed E-state index contributed by atoms with van der Waals surface area (Å²) in [7, 11) is 0. The molecule has 2 aromatic carbocycles. The van der Waals surface area contributed by atoms with Gasteiger partial charge in [-0.2, -0.15) is 0 Å². The van der Waals surface area contributed by atoms with Crippen LogP contribution in [0.3, 0.4) is 0 Å². The number of ether oxygens (including phenoxy) is 2. The van der Waals surface area contributed by atoms with Crippen LogP contribution in [-0.4, -0.2) is 32.0 Å². The first kappa shape index (κ1) is 27.5. The first-order chi connectivity index (χ1) is 19.1. The van der Waals surface area contributed by atoms with Gasteiger partial charge in [0.15, 0.2) is 0 Å². The number of alkyl halides is 3. The monoisotopic (exact) mass is 553 g/mol. The molecule has 0 amide bonds. The molecule has 0 bridgehead atoms. The van der Waals surface area contributed by atoms with Gasteiger partial charge in [-0.3, -0.25) is 9.78 Å². The van der Waals surface area contributed by atoms with Crippen molar-refractivity contribution in [2.45, 2.75) is 65.0 Å². The van der Waals surface area contributed by atoms with Crippen LogP contribution in [0.15, 0.2) is 54.7 Å². The Morgan fingerprint density at radius 3 is 2.52 bits per heavy atom. The third kappa shape index (κ3) is 6.21. The zero-order chi connectivity index (χ0) is 28.4. The van der Waals surface area contributed by atoms with Crippen molar-refractivity contribution in [3.63, 3.8) is 0 Å². The Morgan fingerprint density at radius 1 is 1.05 bits per heavy atom. The molecule has 210 valence electrons. The van der Waals surface area contributed by atoms with Gasteiger partial charge in [0.2, 0.25) is 0 Å². The average Bonchev–Trinajstić information content (AvgIpc) is 3.26. The number of aliphatic carboxylic acids is 1. The molecule has 2 heterocycles. The van der Waals surface area contributed by atoms with E-state index >= 15 is 0 Å². The van der Waals surface area contributed by atoms with Crippen LogP contribution in [0.5, 0.6) is 11.5 Å². The van der Waals surface area contributed by atoms with E-state index in [0.29, 0.717) is 42.0 Å². The van der Waals surface area contributed by atoms with Crippen LogP contribution in [-0.2, 0) is 17.9 Å². The van der Waals surface area contributed by atoms with Crippen LogP contribution in [0.2, 0.25) is 0 Å². The van der Waals surface area contributed by atoms with Gasteiger partial charge in [0.25, 0.3) is 0 Å². The number of pyridine rings is 1. The number of hydrogen-bond donors (Lipinski definition) is 1. The molecule has 10 heteroatoms. The highest BCUT2D eigenvalue weighted by Crippen LogP contribution is 2.40. The van der Waals surface area contributed by atoms with Gasteiger partial charge in [0, 0.05) is 24.7 Å². The smallest absolute Gasteiger partial charge is 0.487 e. The van der Waals surface area contributed by atoms with Gasteiger partial charge in [-0.05, 0) is 73.7 Å². The summed E-state index contributed by atoms with van der Waals surface area (Å²) < 4.78 is 50.3. The molecule has 7 nitrogen and oxygen atoms in total. The van der Waals surface area contributed by atoms with Crippen LogP contribution < -0.4 is 9.47 Å². The Morgan fingerprint density at radius 2 is 1.82 bits per heavy atom. The number of carboxylic acids is 1. The summed E-state index contributed by atoms with van der Waals surface area (Å²) in [6.45, 7) is 4.26. The van der Waals surface area contributed by atoms with Crippen LogP contribution in [0.25, 0.3) is 11.0 Å². The van der Waals surface area contributed by atoms with Crippen LogP contribution in [0, 0.1) is 19.8 Å². The molecule has 2 aromatic heterocycles. The number of imidazole rings is 1.